The molecule has 0 fully saturated rings. The number of hydrogen-bond acceptors (Lipinski definition) is 3. The molecule has 2 heterocycles. The van der Waals surface area contributed by atoms with E-state index < -0.39 is 0 Å². The number of hydrogen-bond donors (Lipinski definition) is 0. The van der Waals surface area contributed by atoms with Gasteiger partial charge in [-0.2, -0.15) is 5.10 Å². The van der Waals surface area contributed by atoms with E-state index in [9.17, 15) is 9.18 Å². The standard InChI is InChI=1S/C22H16Cl2FN3O/c1-28-22-18(12-26-28)17(21(29)9-4-13-2-6-15(25)7-3-13)11-20(27-22)16-8-5-14(23)10-19(16)24/h2-3,5-8,10-12H,4,9H2,1H3. The summed E-state index contributed by atoms with van der Waals surface area (Å²) in [4.78, 5) is 17.7. The van der Waals surface area contributed by atoms with E-state index in [4.69, 9.17) is 23.2 Å². The zero-order chi connectivity index (χ0) is 20.5. The third-order valence-corrected chi connectivity index (χ3v) is 5.31. The molecule has 4 nitrogen and oxygen atoms in total. The van der Waals surface area contributed by atoms with Gasteiger partial charge in [0.25, 0.3) is 0 Å². The van der Waals surface area contributed by atoms with Gasteiger partial charge in [0.15, 0.2) is 11.4 Å². The summed E-state index contributed by atoms with van der Waals surface area (Å²) in [6, 6.07) is 13.1. The number of aromatic nitrogens is 3. The van der Waals surface area contributed by atoms with Crippen molar-refractivity contribution in [2.24, 2.45) is 7.05 Å². The molecule has 0 spiro atoms. The average molecular weight is 428 g/mol. The number of benzene rings is 2. The third kappa shape index (κ3) is 4.02. The van der Waals surface area contributed by atoms with Crippen LogP contribution >= 0.6 is 23.2 Å². The predicted octanol–water partition coefficient (Wildman–Crippen LogP) is 5.90. The summed E-state index contributed by atoms with van der Waals surface area (Å²) < 4.78 is 14.7. The molecule has 0 aliphatic heterocycles. The lowest BCUT2D eigenvalue weighted by atomic mass is 9.99. The van der Waals surface area contributed by atoms with Gasteiger partial charge in [-0.05, 0) is 48.4 Å². The molecule has 4 aromatic rings. The van der Waals surface area contributed by atoms with Crippen LogP contribution in [0.4, 0.5) is 4.39 Å². The number of halogens is 3. The first kappa shape index (κ1) is 19.6. The van der Waals surface area contributed by atoms with Crippen LogP contribution in [0.15, 0.2) is 54.7 Å². The maximum atomic E-state index is 13.1. The fourth-order valence-electron chi connectivity index (χ4n) is 3.22. The van der Waals surface area contributed by atoms with Crippen molar-refractivity contribution in [1.29, 1.82) is 0 Å². The molecule has 0 aliphatic carbocycles. The molecule has 0 saturated carbocycles. The fourth-order valence-corrected chi connectivity index (χ4v) is 3.73. The first-order chi connectivity index (χ1) is 13.9. The summed E-state index contributed by atoms with van der Waals surface area (Å²) in [6.45, 7) is 0. The van der Waals surface area contributed by atoms with Crippen molar-refractivity contribution in [2.75, 3.05) is 0 Å². The minimum absolute atomic E-state index is 0.0407. The Morgan fingerprint density at radius 2 is 1.86 bits per heavy atom. The van der Waals surface area contributed by atoms with Gasteiger partial charge in [-0.1, -0.05) is 35.3 Å². The SMILES string of the molecule is Cn1ncc2c(C(=O)CCc3ccc(F)cc3)cc(-c3ccc(Cl)cc3Cl)nc21. The molecule has 2 aromatic carbocycles. The summed E-state index contributed by atoms with van der Waals surface area (Å²) in [5.41, 5.74) is 3.29. The molecule has 0 atom stereocenters. The minimum Gasteiger partial charge on any atom is -0.294 e. The number of nitrogens with zero attached hydrogens (tertiary/aromatic N) is 3. The molecule has 0 amide bonds. The van der Waals surface area contributed by atoms with Gasteiger partial charge in [0.1, 0.15) is 5.82 Å². The van der Waals surface area contributed by atoms with E-state index >= 15 is 0 Å². The maximum absolute atomic E-state index is 13.1. The molecular formula is C22H16Cl2FN3O. The first-order valence-corrected chi connectivity index (χ1v) is 9.74. The number of rotatable bonds is 5. The molecule has 2 aromatic heterocycles. The van der Waals surface area contributed by atoms with Crippen molar-refractivity contribution < 1.29 is 9.18 Å². The lowest BCUT2D eigenvalue weighted by Gasteiger charge is -2.09. The highest BCUT2D eigenvalue weighted by Crippen LogP contribution is 2.32. The van der Waals surface area contributed by atoms with Gasteiger partial charge in [-0.3, -0.25) is 9.48 Å². The summed E-state index contributed by atoms with van der Waals surface area (Å²) in [6.07, 6.45) is 2.44. The first-order valence-electron chi connectivity index (χ1n) is 8.98. The maximum Gasteiger partial charge on any atom is 0.164 e. The number of aryl methyl sites for hydroxylation is 2. The van der Waals surface area contributed by atoms with Gasteiger partial charge < -0.3 is 0 Å². The third-order valence-electron chi connectivity index (χ3n) is 4.77. The zero-order valence-corrected chi connectivity index (χ0v) is 17.0. The van der Waals surface area contributed by atoms with Gasteiger partial charge in [0.2, 0.25) is 0 Å². The highest BCUT2D eigenvalue weighted by atomic mass is 35.5. The summed E-state index contributed by atoms with van der Waals surface area (Å²) >= 11 is 12.4. The number of ketones is 1. The number of Topliss-reactive ketones (excluding diaryl/α,β-unsaturated/α-hetero) is 1. The van der Waals surface area contributed by atoms with E-state index in [2.05, 4.69) is 10.1 Å². The zero-order valence-electron chi connectivity index (χ0n) is 15.5. The fraction of sp³-hybridized carbons (Fsp3) is 0.136. The molecule has 0 radical (unpaired) electrons. The molecule has 0 N–H and O–H groups in total. The van der Waals surface area contributed by atoms with Crippen LogP contribution in [0.25, 0.3) is 22.3 Å². The van der Waals surface area contributed by atoms with Crippen LogP contribution < -0.4 is 0 Å². The van der Waals surface area contributed by atoms with Crippen LogP contribution in [-0.4, -0.2) is 20.5 Å². The van der Waals surface area contributed by atoms with Crippen LogP contribution in [0.3, 0.4) is 0 Å². The summed E-state index contributed by atoms with van der Waals surface area (Å²) in [7, 11) is 1.77. The lowest BCUT2D eigenvalue weighted by molar-refractivity contribution is 0.0984. The van der Waals surface area contributed by atoms with E-state index in [0.29, 0.717) is 44.3 Å². The van der Waals surface area contributed by atoms with Crippen molar-refractivity contribution in [1.82, 2.24) is 14.8 Å². The number of carbonyl (C=O) groups excluding carboxylic acids is 1. The van der Waals surface area contributed by atoms with Gasteiger partial charge in [-0.15, -0.1) is 0 Å². The van der Waals surface area contributed by atoms with Gasteiger partial charge in [0, 0.05) is 35.0 Å². The molecule has 146 valence electrons. The Kier molecular flexibility index (Phi) is 5.35. The van der Waals surface area contributed by atoms with Crippen molar-refractivity contribution in [2.45, 2.75) is 12.8 Å². The van der Waals surface area contributed by atoms with Gasteiger partial charge in [0.05, 0.1) is 16.9 Å². The minimum atomic E-state index is -0.296. The largest absolute Gasteiger partial charge is 0.294 e. The second-order valence-corrected chi connectivity index (χ2v) is 7.58. The van der Waals surface area contributed by atoms with Crippen LogP contribution in [0, 0.1) is 5.82 Å². The summed E-state index contributed by atoms with van der Waals surface area (Å²) in [5, 5.41) is 5.91. The van der Waals surface area contributed by atoms with Crippen LogP contribution in [0.5, 0.6) is 0 Å². The monoisotopic (exact) mass is 427 g/mol. The lowest BCUT2D eigenvalue weighted by Crippen LogP contribution is -2.04. The van der Waals surface area contributed by atoms with E-state index in [1.54, 1.807) is 54.3 Å². The number of carbonyl (C=O) groups is 1. The van der Waals surface area contributed by atoms with Gasteiger partial charge >= 0.3 is 0 Å². The Balaban J connectivity index is 1.72. The Labute approximate surface area is 176 Å². The van der Waals surface area contributed by atoms with E-state index in [1.165, 1.54) is 12.1 Å². The van der Waals surface area contributed by atoms with Crippen LogP contribution in [0.1, 0.15) is 22.3 Å². The van der Waals surface area contributed by atoms with Crippen molar-refractivity contribution in [3.63, 3.8) is 0 Å². The van der Waals surface area contributed by atoms with E-state index in [0.717, 1.165) is 5.56 Å². The van der Waals surface area contributed by atoms with Crippen molar-refractivity contribution in [3.05, 3.63) is 81.7 Å². The Bertz CT molecular complexity index is 1220. The molecule has 0 aliphatic rings. The van der Waals surface area contributed by atoms with Gasteiger partial charge in [-0.25, -0.2) is 9.37 Å². The summed E-state index contributed by atoms with van der Waals surface area (Å²) in [5.74, 6) is -0.336. The highest BCUT2D eigenvalue weighted by molar-refractivity contribution is 6.36. The normalized spacial score (nSPS) is 11.2. The molecule has 0 bridgehead atoms. The Hall–Kier alpha value is -2.76. The highest BCUT2D eigenvalue weighted by Gasteiger charge is 2.18. The smallest absolute Gasteiger partial charge is 0.164 e. The molecule has 29 heavy (non-hydrogen) atoms. The van der Waals surface area contributed by atoms with Crippen molar-refractivity contribution >= 4 is 40.0 Å². The van der Waals surface area contributed by atoms with Crippen LogP contribution in [0.2, 0.25) is 10.0 Å². The van der Waals surface area contributed by atoms with E-state index in [1.807, 2.05) is 0 Å². The van der Waals surface area contributed by atoms with E-state index in [-0.39, 0.29) is 18.0 Å². The Morgan fingerprint density at radius 3 is 2.59 bits per heavy atom. The molecule has 0 unspecified atom stereocenters. The van der Waals surface area contributed by atoms with Crippen molar-refractivity contribution in [3.8, 4) is 11.3 Å². The number of pyridine rings is 1. The second-order valence-electron chi connectivity index (χ2n) is 6.73. The Morgan fingerprint density at radius 1 is 1.10 bits per heavy atom. The molecule has 4 rings (SSSR count). The molecular weight excluding hydrogens is 412 g/mol. The topological polar surface area (TPSA) is 47.8 Å². The molecule has 0 saturated heterocycles. The average Bonchev–Trinajstić information content (AvgIpc) is 3.07. The van der Waals surface area contributed by atoms with Crippen LogP contribution in [-0.2, 0) is 13.5 Å². The predicted molar refractivity (Wildman–Crippen MR) is 113 cm³/mol. The quantitative estimate of drug-likeness (QED) is 0.372. The molecule has 7 heteroatoms. The second kappa shape index (κ2) is 7.93. The number of fused-ring (bicyclic) bond motifs is 1.